The van der Waals surface area contributed by atoms with Crippen LogP contribution < -0.4 is 20.9 Å². The molecular weight excluding hydrogens is 371 g/mol. The lowest BCUT2D eigenvalue weighted by atomic mass is 10.2. The van der Waals surface area contributed by atoms with Gasteiger partial charge in [0, 0.05) is 0 Å². The molecule has 2 aromatic rings. The number of hydrogen-bond donors (Lipinski definition) is 2. The Morgan fingerprint density at radius 1 is 0.920 bits per heavy atom. The maximum atomic E-state index is 12.2. The number of allylic oxidation sites excluding steroid dienone is 1. The molecule has 0 radical (unpaired) electrons. The zero-order valence-electron chi connectivity index (χ0n) is 12.8. The van der Waals surface area contributed by atoms with Gasteiger partial charge < -0.3 is 20.9 Å². The van der Waals surface area contributed by atoms with Crippen molar-refractivity contribution in [2.45, 2.75) is 6.92 Å². The molecule has 25 heavy (non-hydrogen) atoms. The van der Waals surface area contributed by atoms with Gasteiger partial charge in [-0.05, 0) is 31.2 Å². The third-order valence-corrected chi connectivity index (χ3v) is 3.26. The first kappa shape index (κ1) is 18.5. The second-order valence-corrected chi connectivity index (χ2v) is 5.29. The van der Waals surface area contributed by atoms with Crippen molar-refractivity contribution >= 4 is 46.8 Å². The van der Waals surface area contributed by atoms with Crippen LogP contribution in [0.4, 0.5) is 11.6 Å². The molecule has 0 atom stereocenters. The van der Waals surface area contributed by atoms with E-state index in [1.165, 1.54) is 37.3 Å². The van der Waals surface area contributed by atoms with E-state index in [9.17, 15) is 9.59 Å². The Labute approximate surface area is 152 Å². The second-order valence-electron chi connectivity index (χ2n) is 4.52. The molecule has 0 aliphatic carbocycles. The van der Waals surface area contributed by atoms with Crippen molar-refractivity contribution in [1.29, 1.82) is 0 Å². The Balaban J connectivity index is 2.15. The predicted molar refractivity (Wildman–Crippen MR) is 92.3 cm³/mol. The number of esters is 2. The van der Waals surface area contributed by atoms with Crippen LogP contribution >= 0.6 is 23.2 Å². The van der Waals surface area contributed by atoms with Crippen molar-refractivity contribution in [2.24, 2.45) is 0 Å². The first-order valence-electron chi connectivity index (χ1n) is 6.76. The lowest BCUT2D eigenvalue weighted by molar-refractivity contribution is -0.137. The van der Waals surface area contributed by atoms with Gasteiger partial charge in [-0.1, -0.05) is 29.3 Å². The van der Waals surface area contributed by atoms with E-state index < -0.39 is 11.9 Å². The van der Waals surface area contributed by atoms with E-state index in [4.69, 9.17) is 44.1 Å². The minimum Gasteiger partial charge on any atom is -0.419 e. The van der Waals surface area contributed by atoms with Crippen LogP contribution in [0.3, 0.4) is 0 Å². The summed E-state index contributed by atoms with van der Waals surface area (Å²) in [6.45, 7) is 1.46. The average Bonchev–Trinajstić information content (AvgIpc) is 2.53. The average molecular weight is 383 g/mol. The minimum atomic E-state index is -0.983. The zero-order chi connectivity index (χ0) is 18.6. The third-order valence-electron chi connectivity index (χ3n) is 2.84. The smallest absolute Gasteiger partial charge is 0.350 e. The molecule has 0 saturated carbocycles. The maximum absolute atomic E-state index is 12.2. The molecule has 0 bridgehead atoms. The standard InChI is InChI=1S/C15H12Cl2N4O4/c1-2-7(14(22)24-8-3-5-10(16)20-12(8)18)15(23)25-9-4-6-11(17)21-13(9)19/h2-6H,1H3,(H2,18,20)(H2,19,21). The number of halogens is 2. The molecule has 0 unspecified atom stereocenters. The van der Waals surface area contributed by atoms with Crippen molar-refractivity contribution in [3.63, 3.8) is 0 Å². The number of rotatable bonds is 4. The molecule has 0 aromatic carbocycles. The fourth-order valence-corrected chi connectivity index (χ4v) is 1.98. The van der Waals surface area contributed by atoms with Gasteiger partial charge in [0.25, 0.3) is 0 Å². The molecule has 2 rings (SSSR count). The lowest BCUT2D eigenvalue weighted by Gasteiger charge is -2.10. The number of pyridine rings is 2. The van der Waals surface area contributed by atoms with E-state index in [-0.39, 0.29) is 39.0 Å². The summed E-state index contributed by atoms with van der Waals surface area (Å²) in [6, 6.07) is 5.47. The number of nitrogens with two attached hydrogens (primary N) is 2. The van der Waals surface area contributed by atoms with E-state index in [0.29, 0.717) is 0 Å². The van der Waals surface area contributed by atoms with Crippen LogP contribution in [0.2, 0.25) is 10.3 Å². The van der Waals surface area contributed by atoms with Crippen LogP contribution in [0.1, 0.15) is 6.92 Å². The van der Waals surface area contributed by atoms with Crippen molar-refractivity contribution in [3.8, 4) is 11.5 Å². The first-order valence-corrected chi connectivity index (χ1v) is 7.52. The minimum absolute atomic E-state index is 0.0470. The van der Waals surface area contributed by atoms with Gasteiger partial charge in [0.2, 0.25) is 0 Å². The molecule has 0 aliphatic heterocycles. The highest BCUT2D eigenvalue weighted by Crippen LogP contribution is 2.24. The van der Waals surface area contributed by atoms with Crippen LogP contribution in [0, 0.1) is 0 Å². The summed E-state index contributed by atoms with van der Waals surface area (Å²) < 4.78 is 10.1. The zero-order valence-corrected chi connectivity index (χ0v) is 14.3. The molecule has 10 heteroatoms. The molecule has 0 fully saturated rings. The number of aromatic nitrogens is 2. The van der Waals surface area contributed by atoms with Gasteiger partial charge in [-0.15, -0.1) is 0 Å². The summed E-state index contributed by atoms with van der Waals surface area (Å²) in [7, 11) is 0. The highest BCUT2D eigenvalue weighted by atomic mass is 35.5. The number of carbonyl (C=O) groups is 2. The Bertz CT molecular complexity index is 803. The molecule has 0 saturated heterocycles. The SMILES string of the molecule is CC=C(C(=O)Oc1ccc(Cl)nc1N)C(=O)Oc1ccc(Cl)nc1N. The molecular formula is C15H12Cl2N4O4. The van der Waals surface area contributed by atoms with Crippen molar-refractivity contribution in [3.05, 3.63) is 46.2 Å². The predicted octanol–water partition coefficient (Wildman–Crippen LogP) is 2.41. The molecule has 2 aromatic heterocycles. The van der Waals surface area contributed by atoms with Crippen LogP contribution in [0.15, 0.2) is 35.9 Å². The summed E-state index contributed by atoms with van der Waals surface area (Å²) >= 11 is 11.3. The van der Waals surface area contributed by atoms with Gasteiger partial charge in [-0.2, -0.15) is 0 Å². The fraction of sp³-hybridized carbons (Fsp3) is 0.0667. The normalized spacial score (nSPS) is 10.0. The van der Waals surface area contributed by atoms with E-state index >= 15 is 0 Å². The topological polar surface area (TPSA) is 130 Å². The number of hydrogen-bond acceptors (Lipinski definition) is 8. The highest BCUT2D eigenvalue weighted by molar-refractivity contribution is 6.29. The first-order chi connectivity index (χ1) is 11.8. The van der Waals surface area contributed by atoms with Crippen molar-refractivity contribution in [1.82, 2.24) is 9.97 Å². The van der Waals surface area contributed by atoms with Gasteiger partial charge in [-0.25, -0.2) is 19.6 Å². The molecule has 4 N–H and O–H groups in total. The Hall–Kier alpha value is -2.84. The van der Waals surface area contributed by atoms with E-state index in [0.717, 1.165) is 0 Å². The molecule has 2 heterocycles. The Morgan fingerprint density at radius 3 is 1.64 bits per heavy atom. The fourth-order valence-electron chi connectivity index (χ4n) is 1.68. The third kappa shape index (κ3) is 4.59. The number of carbonyl (C=O) groups excluding carboxylic acids is 2. The second kappa shape index (κ2) is 7.82. The molecule has 130 valence electrons. The number of nitrogen functional groups attached to an aromatic ring is 2. The highest BCUT2D eigenvalue weighted by Gasteiger charge is 2.23. The number of nitrogens with zero attached hydrogens (tertiary/aromatic N) is 2. The van der Waals surface area contributed by atoms with E-state index in [1.807, 2.05) is 0 Å². The summed E-state index contributed by atoms with van der Waals surface area (Å²) in [5.74, 6) is -2.26. The van der Waals surface area contributed by atoms with Gasteiger partial charge >= 0.3 is 11.9 Å². The van der Waals surface area contributed by atoms with E-state index in [1.54, 1.807) is 0 Å². The van der Waals surface area contributed by atoms with Crippen molar-refractivity contribution < 1.29 is 19.1 Å². The maximum Gasteiger partial charge on any atom is 0.350 e. The van der Waals surface area contributed by atoms with Crippen molar-refractivity contribution in [2.75, 3.05) is 11.5 Å². The number of anilines is 2. The van der Waals surface area contributed by atoms with Gasteiger partial charge in [0.1, 0.15) is 15.9 Å². The van der Waals surface area contributed by atoms with Crippen LogP contribution in [-0.2, 0) is 9.59 Å². The monoisotopic (exact) mass is 382 g/mol. The lowest BCUT2D eigenvalue weighted by Crippen LogP contribution is -2.23. The molecule has 0 amide bonds. The number of ether oxygens (including phenoxy) is 2. The van der Waals surface area contributed by atoms with Gasteiger partial charge in [0.05, 0.1) is 0 Å². The van der Waals surface area contributed by atoms with Crippen LogP contribution in [-0.4, -0.2) is 21.9 Å². The Morgan fingerprint density at radius 2 is 1.32 bits per heavy atom. The molecule has 0 spiro atoms. The summed E-state index contributed by atoms with van der Waals surface area (Å²) in [5, 5.41) is 0.266. The Kier molecular flexibility index (Phi) is 5.79. The van der Waals surface area contributed by atoms with Gasteiger partial charge in [-0.3, -0.25) is 0 Å². The molecule has 8 nitrogen and oxygen atoms in total. The van der Waals surface area contributed by atoms with Gasteiger partial charge in [0.15, 0.2) is 23.1 Å². The summed E-state index contributed by atoms with van der Waals surface area (Å²) in [4.78, 5) is 31.8. The van der Waals surface area contributed by atoms with Crippen LogP contribution in [0.5, 0.6) is 11.5 Å². The molecule has 0 aliphatic rings. The summed E-state index contributed by atoms with van der Waals surface area (Å²) in [5.41, 5.74) is 10.8. The quantitative estimate of drug-likeness (QED) is 0.271. The largest absolute Gasteiger partial charge is 0.419 e. The van der Waals surface area contributed by atoms with Crippen LogP contribution in [0.25, 0.3) is 0 Å². The van der Waals surface area contributed by atoms with E-state index in [2.05, 4.69) is 9.97 Å². The summed E-state index contributed by atoms with van der Waals surface area (Å²) in [6.07, 6.45) is 1.23.